The Morgan fingerprint density at radius 1 is 1.20 bits per heavy atom. The van der Waals surface area contributed by atoms with Crippen molar-refractivity contribution in [1.82, 2.24) is 4.90 Å². The molecule has 30 heavy (non-hydrogen) atoms. The maximum Gasteiger partial charge on any atom is 0.227 e. The topological polar surface area (TPSA) is 74.7 Å². The minimum atomic E-state index is -3.25. The molecule has 1 saturated carbocycles. The van der Waals surface area contributed by atoms with E-state index in [-0.39, 0.29) is 34.4 Å². The SMILES string of the molecule is CN(C(=O)Cc1ccc(S(C)(=O)=O)cc1)[C@H]1C2CCC[C@]1(C)c1cc(O)ccc1C2. The van der Waals surface area contributed by atoms with E-state index in [0.29, 0.717) is 5.92 Å². The number of amides is 1. The smallest absolute Gasteiger partial charge is 0.227 e. The number of carbonyl (C=O) groups is 1. The van der Waals surface area contributed by atoms with E-state index in [9.17, 15) is 18.3 Å². The van der Waals surface area contributed by atoms with Gasteiger partial charge >= 0.3 is 0 Å². The van der Waals surface area contributed by atoms with Gasteiger partial charge in [-0.05, 0) is 66.1 Å². The van der Waals surface area contributed by atoms with Crippen LogP contribution in [0.5, 0.6) is 5.75 Å². The Labute approximate surface area is 178 Å². The second-order valence-corrected chi connectivity index (χ2v) is 11.2. The molecular formula is C24H29NO4S. The predicted octanol–water partition coefficient (Wildman–Crippen LogP) is 3.48. The third kappa shape index (κ3) is 3.62. The lowest BCUT2D eigenvalue weighted by Gasteiger charge is -2.54. The molecule has 0 aliphatic heterocycles. The number of aromatic hydroxyl groups is 1. The van der Waals surface area contributed by atoms with Crippen LogP contribution in [-0.4, -0.2) is 43.7 Å². The molecule has 1 unspecified atom stereocenters. The summed E-state index contributed by atoms with van der Waals surface area (Å²) in [7, 11) is -1.36. The van der Waals surface area contributed by atoms with Crippen molar-refractivity contribution in [3.63, 3.8) is 0 Å². The van der Waals surface area contributed by atoms with Gasteiger partial charge in [0.25, 0.3) is 0 Å². The highest BCUT2D eigenvalue weighted by Crippen LogP contribution is 2.51. The second-order valence-electron chi connectivity index (χ2n) is 9.16. The van der Waals surface area contributed by atoms with Crippen molar-refractivity contribution >= 4 is 15.7 Å². The van der Waals surface area contributed by atoms with Gasteiger partial charge < -0.3 is 10.0 Å². The van der Waals surface area contributed by atoms with Crippen LogP contribution in [0, 0.1) is 5.92 Å². The molecule has 2 bridgehead atoms. The molecule has 4 rings (SSSR count). The number of likely N-dealkylation sites (N-methyl/N-ethyl adjacent to an activating group) is 1. The number of phenolic OH excluding ortho intramolecular Hbond substituents is 1. The molecular weight excluding hydrogens is 398 g/mol. The maximum absolute atomic E-state index is 13.2. The molecule has 5 nitrogen and oxygen atoms in total. The molecule has 0 radical (unpaired) electrons. The highest BCUT2D eigenvalue weighted by Gasteiger charge is 2.50. The number of benzene rings is 2. The molecule has 2 aromatic rings. The molecule has 1 fully saturated rings. The van der Waals surface area contributed by atoms with Gasteiger partial charge in [-0.2, -0.15) is 0 Å². The summed E-state index contributed by atoms with van der Waals surface area (Å²) in [5.74, 6) is 0.717. The third-order valence-corrected chi connectivity index (χ3v) is 8.21. The fraction of sp³-hybridized carbons (Fsp3) is 0.458. The van der Waals surface area contributed by atoms with Crippen molar-refractivity contribution < 1.29 is 18.3 Å². The van der Waals surface area contributed by atoms with Crippen molar-refractivity contribution in [2.75, 3.05) is 13.3 Å². The average Bonchev–Trinajstić information content (AvgIpc) is 2.68. The van der Waals surface area contributed by atoms with E-state index >= 15 is 0 Å². The number of hydrogen-bond donors (Lipinski definition) is 1. The molecule has 3 atom stereocenters. The summed E-state index contributed by atoms with van der Waals surface area (Å²) in [5.41, 5.74) is 3.08. The summed E-state index contributed by atoms with van der Waals surface area (Å²) in [5, 5.41) is 10.1. The fourth-order valence-electron chi connectivity index (χ4n) is 5.67. The first kappa shape index (κ1) is 20.9. The van der Waals surface area contributed by atoms with Gasteiger partial charge in [-0.1, -0.05) is 31.5 Å². The van der Waals surface area contributed by atoms with Crippen molar-refractivity contribution in [3.05, 3.63) is 59.2 Å². The number of hydrogen-bond acceptors (Lipinski definition) is 4. The van der Waals surface area contributed by atoms with E-state index in [0.717, 1.165) is 31.2 Å². The second kappa shape index (κ2) is 7.41. The number of nitrogens with zero attached hydrogens (tertiary/aromatic N) is 1. The van der Waals surface area contributed by atoms with E-state index in [2.05, 4.69) is 6.92 Å². The average molecular weight is 428 g/mol. The zero-order valence-electron chi connectivity index (χ0n) is 17.8. The van der Waals surface area contributed by atoms with Crippen LogP contribution < -0.4 is 0 Å². The summed E-state index contributed by atoms with van der Waals surface area (Å²) in [6.45, 7) is 2.23. The van der Waals surface area contributed by atoms with Gasteiger partial charge in [0.05, 0.1) is 11.3 Å². The first-order chi connectivity index (χ1) is 14.1. The van der Waals surface area contributed by atoms with Gasteiger partial charge in [0.2, 0.25) is 5.91 Å². The standard InChI is InChI=1S/C24H29NO4S/c1-24-12-4-5-18(14-17-8-9-19(26)15-21(17)24)23(24)25(2)22(27)13-16-6-10-20(11-7-16)30(3,28)29/h6-11,15,18,23,26H,4-5,12-14H2,1-3H3/t18?,23-,24+/m0/s1. The van der Waals surface area contributed by atoms with Gasteiger partial charge in [-0.15, -0.1) is 0 Å². The predicted molar refractivity (Wildman–Crippen MR) is 116 cm³/mol. The van der Waals surface area contributed by atoms with Crippen LogP contribution in [0.25, 0.3) is 0 Å². The van der Waals surface area contributed by atoms with Crippen LogP contribution in [0.3, 0.4) is 0 Å². The maximum atomic E-state index is 13.2. The highest BCUT2D eigenvalue weighted by atomic mass is 32.2. The van der Waals surface area contributed by atoms with Crippen molar-refractivity contribution in [2.24, 2.45) is 5.92 Å². The molecule has 0 aromatic heterocycles. The van der Waals surface area contributed by atoms with E-state index in [1.54, 1.807) is 30.3 Å². The van der Waals surface area contributed by atoms with Crippen LogP contribution in [-0.2, 0) is 32.9 Å². The van der Waals surface area contributed by atoms with Crippen LogP contribution in [0.1, 0.15) is 42.9 Å². The summed E-state index contributed by atoms with van der Waals surface area (Å²) < 4.78 is 23.3. The Balaban J connectivity index is 1.59. The molecule has 6 heteroatoms. The number of sulfone groups is 1. The Morgan fingerprint density at radius 3 is 2.57 bits per heavy atom. The number of rotatable bonds is 4. The number of fused-ring (bicyclic) bond motifs is 4. The lowest BCUT2D eigenvalue weighted by Crippen LogP contribution is -2.59. The van der Waals surface area contributed by atoms with Crippen LogP contribution in [0.2, 0.25) is 0 Å². The first-order valence-electron chi connectivity index (χ1n) is 10.5. The van der Waals surface area contributed by atoms with Crippen molar-refractivity contribution in [3.8, 4) is 5.75 Å². The first-order valence-corrected chi connectivity index (χ1v) is 12.4. The molecule has 2 aromatic carbocycles. The number of carbonyl (C=O) groups excluding carboxylic acids is 1. The molecule has 0 heterocycles. The lowest BCUT2D eigenvalue weighted by molar-refractivity contribution is -0.135. The van der Waals surface area contributed by atoms with Crippen molar-refractivity contribution in [2.45, 2.75) is 55.4 Å². The summed E-state index contributed by atoms with van der Waals surface area (Å²) in [6.07, 6.45) is 5.57. The minimum Gasteiger partial charge on any atom is -0.508 e. The molecule has 1 N–H and O–H groups in total. The molecule has 2 aliphatic carbocycles. The van der Waals surface area contributed by atoms with Gasteiger partial charge in [0.1, 0.15) is 5.75 Å². The molecule has 0 spiro atoms. The van der Waals surface area contributed by atoms with Gasteiger partial charge in [0, 0.05) is 24.8 Å². The van der Waals surface area contributed by atoms with Gasteiger partial charge in [-0.25, -0.2) is 8.42 Å². The van der Waals surface area contributed by atoms with Crippen LogP contribution >= 0.6 is 0 Å². The Kier molecular flexibility index (Phi) is 5.17. The summed E-state index contributed by atoms with van der Waals surface area (Å²) >= 11 is 0. The van der Waals surface area contributed by atoms with Gasteiger partial charge in [-0.3, -0.25) is 4.79 Å². The Morgan fingerprint density at radius 2 is 1.90 bits per heavy atom. The highest BCUT2D eigenvalue weighted by molar-refractivity contribution is 7.90. The Hall–Kier alpha value is -2.34. The lowest BCUT2D eigenvalue weighted by atomic mass is 9.57. The quantitative estimate of drug-likeness (QED) is 0.811. The Bertz CT molecular complexity index is 1080. The molecule has 1 amide bonds. The fourth-order valence-corrected chi connectivity index (χ4v) is 6.30. The largest absolute Gasteiger partial charge is 0.508 e. The monoisotopic (exact) mass is 427 g/mol. The van der Waals surface area contributed by atoms with Gasteiger partial charge in [0.15, 0.2) is 9.84 Å². The third-order valence-electron chi connectivity index (χ3n) is 7.08. The number of phenols is 1. The minimum absolute atomic E-state index is 0.0360. The summed E-state index contributed by atoms with van der Waals surface area (Å²) in [4.78, 5) is 15.4. The van der Waals surface area contributed by atoms with Crippen LogP contribution in [0.15, 0.2) is 47.4 Å². The zero-order chi connectivity index (χ0) is 21.7. The van der Waals surface area contributed by atoms with E-state index < -0.39 is 9.84 Å². The van der Waals surface area contributed by atoms with E-state index in [4.69, 9.17) is 0 Å². The zero-order valence-corrected chi connectivity index (χ0v) is 18.6. The summed E-state index contributed by atoms with van der Waals surface area (Å²) in [6, 6.07) is 12.3. The normalized spacial score (nSPS) is 25.4. The molecule has 160 valence electrons. The van der Waals surface area contributed by atoms with Crippen molar-refractivity contribution in [1.29, 1.82) is 0 Å². The molecule has 2 aliphatic rings. The van der Waals surface area contributed by atoms with E-state index in [1.807, 2.05) is 24.1 Å². The molecule has 0 saturated heterocycles. The van der Waals surface area contributed by atoms with E-state index in [1.165, 1.54) is 17.4 Å². The van der Waals surface area contributed by atoms with Crippen LogP contribution in [0.4, 0.5) is 0 Å².